The summed E-state index contributed by atoms with van der Waals surface area (Å²) in [4.78, 5) is 22.2. The number of hydrogen-bond acceptors (Lipinski definition) is 3. The maximum atomic E-state index is 12.8. The van der Waals surface area contributed by atoms with Gasteiger partial charge in [0, 0.05) is 0 Å². The highest BCUT2D eigenvalue weighted by atomic mass is 19.1. The van der Waals surface area contributed by atoms with Gasteiger partial charge in [-0.25, -0.2) is 14.6 Å². The molecule has 0 saturated heterocycles. The van der Waals surface area contributed by atoms with Gasteiger partial charge in [-0.1, -0.05) is 19.1 Å². The maximum absolute atomic E-state index is 12.8. The van der Waals surface area contributed by atoms with Crippen LogP contribution in [0.2, 0.25) is 0 Å². The van der Waals surface area contributed by atoms with Crippen molar-refractivity contribution in [2.24, 2.45) is 10.8 Å². The summed E-state index contributed by atoms with van der Waals surface area (Å²) in [5, 5.41) is 11.7. The van der Waals surface area contributed by atoms with Crippen molar-refractivity contribution in [3.05, 3.63) is 35.6 Å². The second-order valence-corrected chi connectivity index (χ2v) is 3.79. The predicted octanol–water partition coefficient (Wildman–Crippen LogP) is 0.792. The molecule has 1 rings (SSSR count). The highest BCUT2D eigenvalue weighted by Crippen LogP contribution is 2.19. The van der Waals surface area contributed by atoms with E-state index in [1.54, 1.807) is 6.92 Å². The van der Waals surface area contributed by atoms with E-state index in [1.165, 1.54) is 24.3 Å². The van der Waals surface area contributed by atoms with Crippen LogP contribution in [0, 0.1) is 5.82 Å². The third-order valence-corrected chi connectivity index (χ3v) is 2.50. The van der Waals surface area contributed by atoms with E-state index in [0.29, 0.717) is 12.0 Å². The van der Waals surface area contributed by atoms with Crippen LogP contribution in [0.15, 0.2) is 29.4 Å². The van der Waals surface area contributed by atoms with Crippen molar-refractivity contribution in [1.29, 1.82) is 0 Å². The number of hydrogen-bond donors (Lipinski definition) is 3. The lowest BCUT2D eigenvalue weighted by atomic mass is 9.96. The van der Waals surface area contributed by atoms with Gasteiger partial charge in [0.05, 0.1) is 5.92 Å². The van der Waals surface area contributed by atoms with Crippen molar-refractivity contribution in [2.45, 2.75) is 19.3 Å². The van der Waals surface area contributed by atoms with Crippen LogP contribution in [0.5, 0.6) is 0 Å². The molecule has 0 radical (unpaired) electrons. The van der Waals surface area contributed by atoms with E-state index in [4.69, 9.17) is 10.8 Å². The first-order valence-electron chi connectivity index (χ1n) is 5.57. The van der Waals surface area contributed by atoms with Gasteiger partial charge in [0.2, 0.25) is 11.7 Å². The molecule has 0 bridgehead atoms. The first-order valence-corrected chi connectivity index (χ1v) is 5.57. The molecule has 1 atom stereocenters. The molecule has 0 heterocycles. The van der Waals surface area contributed by atoms with Crippen LogP contribution in [0.1, 0.15) is 24.8 Å². The Morgan fingerprint density at radius 1 is 1.42 bits per heavy atom. The normalized spacial score (nSPS) is 12.8. The number of nitrogens with one attached hydrogen (secondary N) is 1. The van der Waals surface area contributed by atoms with Crippen LogP contribution in [-0.2, 0) is 9.59 Å². The molecule has 19 heavy (non-hydrogen) atoms. The molecule has 0 aliphatic rings. The van der Waals surface area contributed by atoms with E-state index in [-0.39, 0.29) is 0 Å². The number of nitrogens with two attached hydrogens (primary N) is 1. The molecule has 4 N–H and O–H groups in total. The van der Waals surface area contributed by atoms with Gasteiger partial charge in [-0.15, -0.1) is 5.10 Å². The molecule has 0 aromatic heterocycles. The average molecular weight is 267 g/mol. The summed E-state index contributed by atoms with van der Waals surface area (Å²) < 4.78 is 12.8. The zero-order valence-electron chi connectivity index (χ0n) is 10.3. The van der Waals surface area contributed by atoms with E-state index in [9.17, 15) is 14.0 Å². The lowest BCUT2D eigenvalue weighted by molar-refractivity contribution is -0.129. The Labute approximate surface area is 109 Å². The Bertz CT molecular complexity index is 499. The SMILES string of the molecule is CCC(C(=O)NN=C(N)C(=O)O)c1ccc(F)cc1. The average Bonchev–Trinajstić information content (AvgIpc) is 2.38. The highest BCUT2D eigenvalue weighted by Gasteiger charge is 2.18. The lowest BCUT2D eigenvalue weighted by Gasteiger charge is -2.13. The van der Waals surface area contributed by atoms with Crippen LogP contribution in [0.3, 0.4) is 0 Å². The third-order valence-electron chi connectivity index (χ3n) is 2.50. The molecule has 7 heteroatoms. The Morgan fingerprint density at radius 3 is 2.47 bits per heavy atom. The van der Waals surface area contributed by atoms with Crippen molar-refractivity contribution >= 4 is 17.7 Å². The van der Waals surface area contributed by atoms with E-state index < -0.39 is 29.4 Å². The van der Waals surface area contributed by atoms with Gasteiger partial charge in [-0.05, 0) is 24.1 Å². The summed E-state index contributed by atoms with van der Waals surface area (Å²) in [6.45, 7) is 1.78. The van der Waals surface area contributed by atoms with Gasteiger partial charge >= 0.3 is 5.97 Å². The minimum atomic E-state index is -1.42. The third kappa shape index (κ3) is 4.06. The van der Waals surface area contributed by atoms with Crippen molar-refractivity contribution in [3.63, 3.8) is 0 Å². The maximum Gasteiger partial charge on any atom is 0.373 e. The molecule has 0 aliphatic heterocycles. The number of carboxylic acids is 1. The Balaban J connectivity index is 2.80. The number of hydrazone groups is 1. The number of rotatable bonds is 4. The molecule has 0 aliphatic carbocycles. The fraction of sp³-hybridized carbons (Fsp3) is 0.250. The highest BCUT2D eigenvalue weighted by molar-refractivity contribution is 6.33. The largest absolute Gasteiger partial charge is 0.475 e. The van der Waals surface area contributed by atoms with E-state index in [2.05, 4.69) is 10.5 Å². The van der Waals surface area contributed by atoms with E-state index in [0.717, 1.165) is 0 Å². The molecule has 6 nitrogen and oxygen atoms in total. The van der Waals surface area contributed by atoms with Crippen LogP contribution in [0.4, 0.5) is 4.39 Å². The van der Waals surface area contributed by atoms with Crippen LogP contribution < -0.4 is 11.2 Å². The smallest absolute Gasteiger partial charge is 0.373 e. The van der Waals surface area contributed by atoms with Crippen LogP contribution in [-0.4, -0.2) is 22.8 Å². The monoisotopic (exact) mass is 267 g/mol. The van der Waals surface area contributed by atoms with Crippen molar-refractivity contribution in [1.82, 2.24) is 5.43 Å². The molecule has 1 amide bonds. The molecule has 0 spiro atoms. The summed E-state index contributed by atoms with van der Waals surface area (Å²) in [5.41, 5.74) is 7.74. The molecule has 0 saturated carbocycles. The summed E-state index contributed by atoms with van der Waals surface area (Å²) in [7, 11) is 0. The van der Waals surface area contributed by atoms with Gasteiger partial charge in [-0.3, -0.25) is 4.79 Å². The summed E-state index contributed by atoms with van der Waals surface area (Å²) >= 11 is 0. The Morgan fingerprint density at radius 2 is 2.00 bits per heavy atom. The molecule has 102 valence electrons. The summed E-state index contributed by atoms with van der Waals surface area (Å²) in [5.74, 6) is -3.58. The van der Waals surface area contributed by atoms with Gasteiger partial charge in [0.25, 0.3) is 0 Å². The Hall–Kier alpha value is -2.44. The minimum absolute atomic E-state index is 0.396. The van der Waals surface area contributed by atoms with Gasteiger partial charge in [-0.2, -0.15) is 0 Å². The summed E-state index contributed by atoms with van der Waals surface area (Å²) in [6.07, 6.45) is 0.458. The second kappa shape index (κ2) is 6.48. The zero-order chi connectivity index (χ0) is 14.4. The number of carbonyl (C=O) groups excluding carboxylic acids is 1. The molecule has 1 unspecified atom stereocenters. The molecular weight excluding hydrogens is 253 g/mol. The van der Waals surface area contributed by atoms with Gasteiger partial charge in [0.1, 0.15) is 5.82 Å². The van der Waals surface area contributed by atoms with Crippen molar-refractivity contribution < 1.29 is 19.1 Å². The topological polar surface area (TPSA) is 105 Å². The second-order valence-electron chi connectivity index (χ2n) is 3.79. The summed E-state index contributed by atoms with van der Waals surface area (Å²) in [6, 6.07) is 5.49. The standard InChI is InChI=1S/C12H14FN3O3/c1-2-9(7-3-5-8(13)6-4-7)11(17)16-15-10(14)12(18)19/h3-6,9H,2H2,1H3,(H2,14,15)(H,16,17)(H,18,19). The number of halogens is 1. The quantitative estimate of drug-likeness (QED) is 0.426. The number of carboxylic acid groups (broad SMARTS) is 1. The molecular formula is C12H14FN3O3. The number of carbonyl (C=O) groups is 2. The van der Waals surface area contributed by atoms with E-state index >= 15 is 0 Å². The number of amides is 1. The first-order chi connectivity index (χ1) is 8.95. The number of aliphatic carboxylic acids is 1. The molecule has 1 aromatic carbocycles. The fourth-order valence-corrected chi connectivity index (χ4v) is 1.51. The molecule has 0 fully saturated rings. The number of nitrogens with zero attached hydrogens (tertiary/aromatic N) is 1. The Kier molecular flexibility index (Phi) is 4.99. The zero-order valence-corrected chi connectivity index (χ0v) is 10.3. The van der Waals surface area contributed by atoms with Gasteiger partial charge in [0.15, 0.2) is 0 Å². The van der Waals surface area contributed by atoms with Crippen molar-refractivity contribution in [3.8, 4) is 0 Å². The van der Waals surface area contributed by atoms with Crippen LogP contribution >= 0.6 is 0 Å². The van der Waals surface area contributed by atoms with Crippen LogP contribution in [0.25, 0.3) is 0 Å². The number of amidine groups is 1. The number of benzene rings is 1. The van der Waals surface area contributed by atoms with Gasteiger partial charge < -0.3 is 10.8 Å². The van der Waals surface area contributed by atoms with E-state index in [1.807, 2.05) is 0 Å². The minimum Gasteiger partial charge on any atom is -0.475 e. The fourth-order valence-electron chi connectivity index (χ4n) is 1.51. The lowest BCUT2D eigenvalue weighted by Crippen LogP contribution is -2.31. The molecule has 1 aromatic rings. The first kappa shape index (κ1) is 14.6. The van der Waals surface area contributed by atoms with Crippen molar-refractivity contribution in [2.75, 3.05) is 0 Å². The predicted molar refractivity (Wildman–Crippen MR) is 66.8 cm³/mol.